The first-order chi connectivity index (χ1) is 7.46. The summed E-state index contributed by atoms with van der Waals surface area (Å²) in [5, 5.41) is 0. The van der Waals surface area contributed by atoms with E-state index in [1.165, 1.54) is 0 Å². The van der Waals surface area contributed by atoms with Crippen molar-refractivity contribution in [2.75, 3.05) is 14.2 Å². The molecule has 1 aliphatic carbocycles. The maximum atomic E-state index is 11.6. The molecule has 0 amide bonds. The fraction of sp³-hybridized carbons (Fsp3) is 0.600. The Balaban J connectivity index is 3.13. The summed E-state index contributed by atoms with van der Waals surface area (Å²) in [7, 11) is 2.19. The molecule has 0 aromatic heterocycles. The monoisotopic (exact) mass is 228 g/mol. The summed E-state index contributed by atoms with van der Waals surface area (Å²) in [4.78, 5) is 45.7. The van der Waals surface area contributed by atoms with E-state index in [1.807, 2.05) is 0 Å². The SMILES string of the molecule is COC(=O)C1(C(=O)OC)CC(=O)CC(=O)C1. The van der Waals surface area contributed by atoms with Gasteiger partial charge in [-0.1, -0.05) is 0 Å². The third kappa shape index (κ3) is 1.95. The predicted molar refractivity (Wildman–Crippen MR) is 50.3 cm³/mol. The van der Waals surface area contributed by atoms with Crippen LogP contribution < -0.4 is 0 Å². The van der Waals surface area contributed by atoms with E-state index in [0.717, 1.165) is 14.2 Å². The van der Waals surface area contributed by atoms with Crippen LogP contribution in [0.15, 0.2) is 0 Å². The van der Waals surface area contributed by atoms with Gasteiger partial charge in [-0.2, -0.15) is 0 Å². The molecule has 16 heavy (non-hydrogen) atoms. The van der Waals surface area contributed by atoms with Crippen molar-refractivity contribution >= 4 is 23.5 Å². The van der Waals surface area contributed by atoms with Gasteiger partial charge in [-0.05, 0) is 0 Å². The van der Waals surface area contributed by atoms with Crippen molar-refractivity contribution in [2.45, 2.75) is 19.3 Å². The average molecular weight is 228 g/mol. The fourth-order valence-electron chi connectivity index (χ4n) is 1.84. The van der Waals surface area contributed by atoms with Gasteiger partial charge in [0, 0.05) is 12.8 Å². The normalized spacial score (nSPS) is 19.1. The Morgan fingerprint density at radius 3 is 1.69 bits per heavy atom. The lowest BCUT2D eigenvalue weighted by Gasteiger charge is -2.29. The van der Waals surface area contributed by atoms with Crippen molar-refractivity contribution in [1.29, 1.82) is 0 Å². The van der Waals surface area contributed by atoms with Crippen LogP contribution in [-0.4, -0.2) is 37.7 Å². The van der Waals surface area contributed by atoms with Gasteiger partial charge in [-0.25, -0.2) is 0 Å². The molecule has 1 saturated carbocycles. The van der Waals surface area contributed by atoms with Crippen molar-refractivity contribution in [3.05, 3.63) is 0 Å². The number of carbonyl (C=O) groups excluding carboxylic acids is 4. The Bertz CT molecular complexity index is 322. The highest BCUT2D eigenvalue weighted by Gasteiger charge is 2.53. The van der Waals surface area contributed by atoms with E-state index in [9.17, 15) is 19.2 Å². The van der Waals surface area contributed by atoms with Crippen LogP contribution in [0.25, 0.3) is 0 Å². The Morgan fingerprint density at radius 1 is 1.00 bits per heavy atom. The van der Waals surface area contributed by atoms with Crippen molar-refractivity contribution in [3.8, 4) is 0 Å². The Labute approximate surface area is 91.9 Å². The van der Waals surface area contributed by atoms with E-state index < -0.39 is 28.9 Å². The minimum Gasteiger partial charge on any atom is -0.468 e. The van der Waals surface area contributed by atoms with Crippen LogP contribution in [0.4, 0.5) is 0 Å². The molecular formula is C10H12O6. The minimum atomic E-state index is -1.78. The number of carbonyl (C=O) groups is 4. The highest BCUT2D eigenvalue weighted by molar-refractivity contribution is 6.13. The summed E-state index contributed by atoms with van der Waals surface area (Å²) in [6.07, 6.45) is -0.911. The molecule has 0 aromatic rings. The maximum absolute atomic E-state index is 11.6. The van der Waals surface area contributed by atoms with Crippen molar-refractivity contribution < 1.29 is 28.7 Å². The van der Waals surface area contributed by atoms with Crippen LogP contribution in [0.3, 0.4) is 0 Å². The van der Waals surface area contributed by atoms with Gasteiger partial charge in [-0.3, -0.25) is 19.2 Å². The first-order valence-corrected chi connectivity index (χ1v) is 4.66. The number of Topliss-reactive ketones (excluding diaryl/α,β-unsaturated/α-hetero) is 2. The molecule has 0 aromatic carbocycles. The summed E-state index contributed by atoms with van der Waals surface area (Å²) in [5.74, 6) is -2.71. The quantitative estimate of drug-likeness (QED) is 0.474. The second-order valence-corrected chi connectivity index (χ2v) is 3.67. The number of hydrogen-bond acceptors (Lipinski definition) is 6. The van der Waals surface area contributed by atoms with E-state index in [-0.39, 0.29) is 19.3 Å². The smallest absolute Gasteiger partial charge is 0.324 e. The van der Waals surface area contributed by atoms with Crippen LogP contribution in [0, 0.1) is 5.41 Å². The first-order valence-electron chi connectivity index (χ1n) is 4.66. The summed E-state index contributed by atoms with van der Waals surface area (Å²) >= 11 is 0. The highest BCUT2D eigenvalue weighted by Crippen LogP contribution is 2.35. The van der Waals surface area contributed by atoms with Gasteiger partial charge in [0.15, 0.2) is 5.41 Å². The molecule has 0 bridgehead atoms. The summed E-state index contributed by atoms with van der Waals surface area (Å²) < 4.78 is 8.94. The van der Waals surface area contributed by atoms with Gasteiger partial charge in [-0.15, -0.1) is 0 Å². The molecule has 6 heteroatoms. The van der Waals surface area contributed by atoms with E-state index >= 15 is 0 Å². The third-order valence-corrected chi connectivity index (χ3v) is 2.54. The molecule has 1 aliphatic rings. The molecular weight excluding hydrogens is 216 g/mol. The molecule has 0 aliphatic heterocycles. The van der Waals surface area contributed by atoms with Crippen LogP contribution in [-0.2, 0) is 28.7 Å². The van der Waals surface area contributed by atoms with Crippen molar-refractivity contribution in [1.82, 2.24) is 0 Å². The lowest BCUT2D eigenvalue weighted by molar-refractivity contribution is -0.174. The number of rotatable bonds is 2. The Morgan fingerprint density at radius 2 is 1.38 bits per heavy atom. The van der Waals surface area contributed by atoms with Crippen molar-refractivity contribution in [3.63, 3.8) is 0 Å². The maximum Gasteiger partial charge on any atom is 0.324 e. The topological polar surface area (TPSA) is 86.7 Å². The average Bonchev–Trinajstić information content (AvgIpc) is 2.25. The molecule has 0 atom stereocenters. The zero-order valence-corrected chi connectivity index (χ0v) is 9.07. The van der Waals surface area contributed by atoms with Crippen LogP contribution >= 0.6 is 0 Å². The van der Waals surface area contributed by atoms with Gasteiger partial charge >= 0.3 is 11.9 Å². The van der Waals surface area contributed by atoms with Gasteiger partial charge in [0.2, 0.25) is 0 Å². The number of ketones is 2. The summed E-state index contributed by atoms with van der Waals surface area (Å²) in [6.45, 7) is 0. The molecule has 1 fully saturated rings. The number of ether oxygens (including phenoxy) is 2. The minimum absolute atomic E-state index is 0.240. The standard InChI is InChI=1S/C10H12O6/c1-15-8(13)10(9(14)16-2)4-6(11)3-7(12)5-10/h3-5H2,1-2H3. The molecule has 0 saturated heterocycles. The van der Waals surface area contributed by atoms with E-state index in [4.69, 9.17) is 0 Å². The molecule has 1 rings (SSSR count). The third-order valence-electron chi connectivity index (χ3n) is 2.54. The van der Waals surface area contributed by atoms with Crippen molar-refractivity contribution in [2.24, 2.45) is 5.41 Å². The first kappa shape index (κ1) is 12.4. The Hall–Kier alpha value is -1.72. The lowest BCUT2D eigenvalue weighted by atomic mass is 9.73. The highest BCUT2D eigenvalue weighted by atomic mass is 16.5. The second kappa shape index (κ2) is 4.42. The fourth-order valence-corrected chi connectivity index (χ4v) is 1.84. The van der Waals surface area contributed by atoms with E-state index in [1.54, 1.807) is 0 Å². The van der Waals surface area contributed by atoms with Gasteiger partial charge < -0.3 is 9.47 Å². The zero-order chi connectivity index (χ0) is 12.3. The molecule has 0 heterocycles. The molecule has 0 N–H and O–H groups in total. The molecule has 0 unspecified atom stereocenters. The van der Waals surface area contributed by atoms with E-state index in [0.29, 0.717) is 0 Å². The number of esters is 2. The summed E-state index contributed by atoms with van der Waals surface area (Å²) in [5.41, 5.74) is -1.78. The largest absolute Gasteiger partial charge is 0.468 e. The number of hydrogen-bond donors (Lipinski definition) is 0. The molecule has 88 valence electrons. The van der Waals surface area contributed by atoms with Crippen LogP contribution in [0.5, 0.6) is 0 Å². The van der Waals surface area contributed by atoms with Gasteiger partial charge in [0.25, 0.3) is 0 Å². The van der Waals surface area contributed by atoms with Crippen LogP contribution in [0.2, 0.25) is 0 Å². The van der Waals surface area contributed by atoms with E-state index in [2.05, 4.69) is 9.47 Å². The predicted octanol–water partition coefficient (Wildman–Crippen LogP) is -0.359. The molecule has 0 spiro atoms. The zero-order valence-electron chi connectivity index (χ0n) is 9.07. The molecule has 6 nitrogen and oxygen atoms in total. The van der Waals surface area contributed by atoms with Gasteiger partial charge in [0.1, 0.15) is 11.6 Å². The lowest BCUT2D eigenvalue weighted by Crippen LogP contribution is -2.47. The summed E-state index contributed by atoms with van der Waals surface area (Å²) in [6, 6.07) is 0. The number of methoxy groups -OCH3 is 2. The van der Waals surface area contributed by atoms with Crippen LogP contribution in [0.1, 0.15) is 19.3 Å². The van der Waals surface area contributed by atoms with Gasteiger partial charge in [0.05, 0.1) is 20.6 Å². The molecule has 0 radical (unpaired) electrons. The Kier molecular flexibility index (Phi) is 3.41. The second-order valence-electron chi connectivity index (χ2n) is 3.67.